The quantitative estimate of drug-likeness (QED) is 0.116. The summed E-state index contributed by atoms with van der Waals surface area (Å²) in [5, 5.41) is 5.29. The van der Waals surface area contributed by atoms with Crippen molar-refractivity contribution in [2.75, 3.05) is 27.2 Å². The minimum atomic E-state index is -1.06. The lowest BCUT2D eigenvalue weighted by Gasteiger charge is -2.28. The van der Waals surface area contributed by atoms with E-state index in [-0.39, 0.29) is 35.9 Å². The predicted octanol–water partition coefficient (Wildman–Crippen LogP) is 7.08. The Morgan fingerprint density at radius 1 is 0.707 bits per heavy atom. The lowest BCUT2D eigenvalue weighted by molar-refractivity contribution is -0.142. The van der Waals surface area contributed by atoms with Gasteiger partial charge in [-0.3, -0.25) is 9.59 Å². The third-order valence-electron chi connectivity index (χ3n) is 11.7. The topological polar surface area (TPSA) is 175 Å². The maximum Gasteiger partial charge on any atom is 0.408 e. The minimum absolute atomic E-state index is 0.0454. The van der Waals surface area contributed by atoms with Gasteiger partial charge in [0.05, 0.1) is 43.0 Å². The standard InChI is InChI=1S/C44H48N8O6/c1-45-43(55)58-38(31-8-4-3-5-9-31)42(54)52-23-7-11-37(52)40-47-26-35(50-40)30-18-14-28(15-19-30)27-12-16-29(17-13-27)34-25-46-39(49-34)36-10-6-22-51(36)41(53)32-20-21-33(24-32)48-44(56)57-2/h3-5,8-9,12-19,25-26,32-33,36-38H,6-7,10-11,20-24H2,1-2H3,(H,45,55)(H,46,49)(H,47,50)(H,48,56)/t32-,33+,36+,37+,38-/m1/s1. The Labute approximate surface area is 336 Å². The van der Waals surface area contributed by atoms with Crippen molar-refractivity contribution in [1.82, 2.24) is 40.4 Å². The van der Waals surface area contributed by atoms with Gasteiger partial charge in [-0.2, -0.15) is 0 Å². The number of hydrogen-bond acceptors (Lipinski definition) is 8. The first kappa shape index (κ1) is 38.4. The number of nitrogens with one attached hydrogen (secondary N) is 4. The number of rotatable bonds is 10. The number of ether oxygens (including phenoxy) is 2. The fourth-order valence-corrected chi connectivity index (χ4v) is 8.62. The molecule has 3 aliphatic rings. The maximum atomic E-state index is 13.9. The Balaban J connectivity index is 0.902. The summed E-state index contributed by atoms with van der Waals surface area (Å²) in [5.41, 5.74) is 6.45. The van der Waals surface area contributed by atoms with Gasteiger partial charge in [0.1, 0.15) is 11.6 Å². The molecule has 5 aromatic rings. The number of aromatic amines is 2. The van der Waals surface area contributed by atoms with Crippen LogP contribution in [0.1, 0.15) is 80.3 Å². The van der Waals surface area contributed by atoms with E-state index in [1.54, 1.807) is 23.2 Å². The van der Waals surface area contributed by atoms with Crippen molar-refractivity contribution in [3.8, 4) is 33.6 Å². The van der Waals surface area contributed by atoms with E-state index < -0.39 is 18.3 Å². The summed E-state index contributed by atoms with van der Waals surface area (Å²) in [7, 11) is 2.82. The number of amides is 4. The molecule has 2 aliphatic heterocycles. The number of carbonyl (C=O) groups is 4. The van der Waals surface area contributed by atoms with E-state index in [9.17, 15) is 19.2 Å². The van der Waals surface area contributed by atoms with Crippen LogP contribution in [0.15, 0.2) is 91.3 Å². The fraction of sp³-hybridized carbons (Fsp3) is 0.364. The number of carbonyl (C=O) groups excluding carboxylic acids is 4. The zero-order valence-corrected chi connectivity index (χ0v) is 32.6. The highest BCUT2D eigenvalue weighted by Gasteiger charge is 2.40. The molecule has 4 N–H and O–H groups in total. The third kappa shape index (κ3) is 8.04. The Bertz CT molecular complexity index is 2240. The van der Waals surface area contributed by atoms with Crippen molar-refractivity contribution in [3.05, 3.63) is 108 Å². The largest absolute Gasteiger partial charge is 0.453 e. The van der Waals surface area contributed by atoms with Crippen LogP contribution < -0.4 is 10.6 Å². The number of benzene rings is 3. The molecule has 14 heteroatoms. The molecular formula is C44H48N8O6. The van der Waals surface area contributed by atoms with Gasteiger partial charge >= 0.3 is 12.2 Å². The highest BCUT2D eigenvalue weighted by Crippen LogP contribution is 2.38. The van der Waals surface area contributed by atoms with Gasteiger partial charge in [-0.15, -0.1) is 0 Å². The van der Waals surface area contributed by atoms with Crippen LogP contribution in [0.3, 0.4) is 0 Å². The number of alkyl carbamates (subject to hydrolysis) is 2. The first-order valence-corrected chi connectivity index (χ1v) is 20.0. The van der Waals surface area contributed by atoms with Gasteiger partial charge in [0.15, 0.2) is 0 Å². The van der Waals surface area contributed by atoms with E-state index in [1.165, 1.54) is 14.2 Å². The molecule has 0 radical (unpaired) electrons. The van der Waals surface area contributed by atoms with E-state index in [0.717, 1.165) is 78.0 Å². The first-order valence-electron chi connectivity index (χ1n) is 20.0. The van der Waals surface area contributed by atoms with E-state index in [4.69, 9.17) is 19.4 Å². The number of nitrogens with zero attached hydrogens (tertiary/aromatic N) is 4. The van der Waals surface area contributed by atoms with Gasteiger partial charge in [-0.1, -0.05) is 78.9 Å². The SMILES string of the molecule is CNC(=O)O[C@@H](C(=O)N1CCC[C@H]1c1ncc(-c2ccc(-c3ccc(-c4cnc([C@@H]5CCCN5C(=O)[C@@H]5CC[C@H](NC(=O)OC)C5)[nH]4)cc3)cc2)[nH]1)c1ccccc1. The van der Waals surface area contributed by atoms with E-state index >= 15 is 0 Å². The second-order valence-corrected chi connectivity index (χ2v) is 15.2. The molecule has 2 saturated heterocycles. The maximum absolute atomic E-state index is 13.9. The molecule has 5 atom stereocenters. The van der Waals surface area contributed by atoms with Crippen LogP contribution in [0, 0.1) is 5.92 Å². The van der Waals surface area contributed by atoms with E-state index in [2.05, 4.69) is 69.1 Å². The van der Waals surface area contributed by atoms with Crippen LogP contribution in [0.2, 0.25) is 0 Å². The molecule has 0 unspecified atom stereocenters. The Morgan fingerprint density at radius 2 is 1.26 bits per heavy atom. The molecule has 0 bridgehead atoms. The van der Waals surface area contributed by atoms with Gasteiger partial charge in [0.25, 0.3) is 5.91 Å². The highest BCUT2D eigenvalue weighted by molar-refractivity contribution is 5.85. The molecule has 0 spiro atoms. The van der Waals surface area contributed by atoms with Crippen molar-refractivity contribution >= 4 is 24.0 Å². The molecule has 4 heterocycles. The molecule has 8 rings (SSSR count). The summed E-state index contributed by atoms with van der Waals surface area (Å²) in [5.74, 6) is 1.22. The molecular weight excluding hydrogens is 737 g/mol. The van der Waals surface area contributed by atoms with Crippen molar-refractivity contribution in [1.29, 1.82) is 0 Å². The van der Waals surface area contributed by atoms with Crippen molar-refractivity contribution < 1.29 is 28.7 Å². The van der Waals surface area contributed by atoms with Crippen LogP contribution in [-0.2, 0) is 19.1 Å². The van der Waals surface area contributed by atoms with Crippen LogP contribution in [0.25, 0.3) is 33.6 Å². The summed E-state index contributed by atoms with van der Waals surface area (Å²) in [4.78, 5) is 71.4. The molecule has 300 valence electrons. The van der Waals surface area contributed by atoms with E-state index in [1.807, 2.05) is 29.3 Å². The molecule has 4 amide bonds. The zero-order chi connectivity index (χ0) is 40.2. The monoisotopic (exact) mass is 784 g/mol. The van der Waals surface area contributed by atoms with Crippen LogP contribution >= 0.6 is 0 Å². The predicted molar refractivity (Wildman–Crippen MR) is 216 cm³/mol. The molecule has 1 saturated carbocycles. The Kier molecular flexibility index (Phi) is 11.2. The summed E-state index contributed by atoms with van der Waals surface area (Å²) < 4.78 is 10.3. The number of H-pyrrole nitrogens is 2. The third-order valence-corrected chi connectivity index (χ3v) is 11.7. The smallest absolute Gasteiger partial charge is 0.408 e. The summed E-state index contributed by atoms with van der Waals surface area (Å²) >= 11 is 0. The average Bonchev–Trinajstić information content (AvgIpc) is 4.12. The van der Waals surface area contributed by atoms with Gasteiger partial charge < -0.3 is 39.9 Å². The molecule has 58 heavy (non-hydrogen) atoms. The van der Waals surface area contributed by atoms with Crippen LogP contribution in [0.4, 0.5) is 9.59 Å². The Morgan fingerprint density at radius 3 is 1.83 bits per heavy atom. The number of methoxy groups -OCH3 is 1. The Hall–Kier alpha value is -6.44. The number of likely N-dealkylation sites (tertiary alicyclic amines) is 2. The summed E-state index contributed by atoms with van der Waals surface area (Å²) in [6.07, 6.45) is 6.91. The number of imidazole rings is 2. The number of hydrogen-bond donors (Lipinski definition) is 4. The van der Waals surface area contributed by atoms with Crippen molar-refractivity contribution in [2.24, 2.45) is 5.92 Å². The molecule has 3 aromatic carbocycles. The van der Waals surface area contributed by atoms with E-state index in [0.29, 0.717) is 30.9 Å². The molecule has 1 aliphatic carbocycles. The van der Waals surface area contributed by atoms with Gasteiger partial charge in [-0.05, 0) is 67.2 Å². The molecule has 14 nitrogen and oxygen atoms in total. The van der Waals surface area contributed by atoms with Gasteiger partial charge in [0, 0.05) is 37.7 Å². The lowest BCUT2D eigenvalue weighted by atomic mass is 10.0. The molecule has 2 aromatic heterocycles. The number of aromatic nitrogens is 4. The second kappa shape index (κ2) is 17.0. The lowest BCUT2D eigenvalue weighted by Crippen LogP contribution is -2.38. The van der Waals surface area contributed by atoms with Crippen LogP contribution in [-0.4, -0.2) is 87.0 Å². The van der Waals surface area contributed by atoms with Gasteiger partial charge in [0.2, 0.25) is 12.0 Å². The molecule has 3 fully saturated rings. The second-order valence-electron chi connectivity index (χ2n) is 15.2. The average molecular weight is 785 g/mol. The van der Waals surface area contributed by atoms with Crippen LogP contribution in [0.5, 0.6) is 0 Å². The zero-order valence-electron chi connectivity index (χ0n) is 32.6. The normalized spacial score (nSPS) is 20.8. The van der Waals surface area contributed by atoms with Gasteiger partial charge in [-0.25, -0.2) is 19.6 Å². The summed E-state index contributed by atoms with van der Waals surface area (Å²) in [6.45, 7) is 1.24. The van der Waals surface area contributed by atoms with Crippen molar-refractivity contribution in [2.45, 2.75) is 69.2 Å². The highest BCUT2D eigenvalue weighted by atomic mass is 16.6. The summed E-state index contributed by atoms with van der Waals surface area (Å²) in [6, 6.07) is 25.2. The first-order chi connectivity index (χ1) is 28.3. The fourth-order valence-electron chi connectivity index (χ4n) is 8.62. The van der Waals surface area contributed by atoms with Crippen molar-refractivity contribution in [3.63, 3.8) is 0 Å². The minimum Gasteiger partial charge on any atom is -0.453 e.